The number of nitrogens with zero attached hydrogens (tertiary/aromatic N) is 2. The summed E-state index contributed by atoms with van der Waals surface area (Å²) in [7, 11) is 0. The molecule has 6 nitrogen and oxygen atoms in total. The number of rotatable bonds is 5. The summed E-state index contributed by atoms with van der Waals surface area (Å²) >= 11 is 0. The predicted octanol–water partition coefficient (Wildman–Crippen LogP) is 3.95. The topological polar surface area (TPSA) is 80.0 Å². The van der Waals surface area contributed by atoms with Gasteiger partial charge in [-0.1, -0.05) is 6.07 Å². The van der Waals surface area contributed by atoms with Crippen LogP contribution < -0.4 is 10.6 Å². The first-order valence-electron chi connectivity index (χ1n) is 7.49. The molecule has 2 aromatic heterocycles. The normalized spacial score (nSPS) is 11.2. The molecule has 0 radical (unpaired) electrons. The third-order valence-corrected chi connectivity index (χ3v) is 3.36. The van der Waals surface area contributed by atoms with E-state index < -0.39 is 17.6 Å². The van der Waals surface area contributed by atoms with Crippen LogP contribution >= 0.6 is 0 Å². The van der Waals surface area contributed by atoms with E-state index in [0.29, 0.717) is 18.1 Å². The molecule has 26 heavy (non-hydrogen) atoms. The van der Waals surface area contributed by atoms with Crippen LogP contribution in [0.3, 0.4) is 0 Å². The standard InChI is InChI=1S/C17H13F3N4O2/c18-17(19,20)11-3-1-4-12(7-11)24-16(25)14-9-23-15(10-21-14)22-8-13-5-2-6-26-13/h1-7,9-10H,8H2,(H,22,23)(H,24,25). The minimum absolute atomic E-state index is 0.0200. The molecule has 0 spiro atoms. The first-order valence-corrected chi connectivity index (χ1v) is 7.49. The Labute approximate surface area is 146 Å². The Bertz CT molecular complexity index is 878. The number of carbonyl (C=O) groups is 1. The van der Waals surface area contributed by atoms with E-state index in [2.05, 4.69) is 20.6 Å². The summed E-state index contributed by atoms with van der Waals surface area (Å²) in [5.41, 5.74) is -0.850. The Morgan fingerprint density at radius 3 is 2.62 bits per heavy atom. The molecule has 2 heterocycles. The maximum Gasteiger partial charge on any atom is 0.416 e. The molecular formula is C17H13F3N4O2. The molecule has 3 rings (SSSR count). The van der Waals surface area contributed by atoms with Gasteiger partial charge >= 0.3 is 6.18 Å². The minimum Gasteiger partial charge on any atom is -0.467 e. The zero-order valence-corrected chi connectivity index (χ0v) is 13.2. The minimum atomic E-state index is -4.48. The maximum absolute atomic E-state index is 12.7. The van der Waals surface area contributed by atoms with Gasteiger partial charge in [-0.3, -0.25) is 4.79 Å². The van der Waals surface area contributed by atoms with Crippen molar-refractivity contribution in [3.8, 4) is 0 Å². The SMILES string of the molecule is O=C(Nc1cccc(C(F)(F)F)c1)c1cnc(NCc2ccco2)cn1. The Hall–Kier alpha value is -3.36. The summed E-state index contributed by atoms with van der Waals surface area (Å²) in [5, 5.41) is 5.33. The molecule has 134 valence electrons. The molecule has 1 aromatic carbocycles. The van der Waals surface area contributed by atoms with E-state index in [-0.39, 0.29) is 11.4 Å². The molecule has 0 aliphatic rings. The monoisotopic (exact) mass is 362 g/mol. The van der Waals surface area contributed by atoms with Crippen LogP contribution in [-0.4, -0.2) is 15.9 Å². The van der Waals surface area contributed by atoms with Crippen molar-refractivity contribution >= 4 is 17.4 Å². The second kappa shape index (κ2) is 7.26. The fraction of sp³-hybridized carbons (Fsp3) is 0.118. The average molecular weight is 362 g/mol. The largest absolute Gasteiger partial charge is 0.467 e. The molecule has 0 aliphatic carbocycles. The Morgan fingerprint density at radius 1 is 1.12 bits per heavy atom. The van der Waals surface area contributed by atoms with Gasteiger partial charge in [-0.25, -0.2) is 9.97 Å². The zero-order valence-electron chi connectivity index (χ0n) is 13.2. The van der Waals surface area contributed by atoms with Gasteiger partial charge in [0.1, 0.15) is 17.3 Å². The lowest BCUT2D eigenvalue weighted by Gasteiger charge is -2.10. The predicted molar refractivity (Wildman–Crippen MR) is 87.5 cm³/mol. The lowest BCUT2D eigenvalue weighted by atomic mass is 10.2. The van der Waals surface area contributed by atoms with Crippen molar-refractivity contribution in [2.24, 2.45) is 0 Å². The number of nitrogens with one attached hydrogen (secondary N) is 2. The lowest BCUT2D eigenvalue weighted by molar-refractivity contribution is -0.137. The average Bonchev–Trinajstić information content (AvgIpc) is 3.13. The van der Waals surface area contributed by atoms with Gasteiger partial charge in [0.25, 0.3) is 5.91 Å². The molecule has 0 saturated carbocycles. The number of halogens is 3. The number of benzene rings is 1. The molecule has 2 N–H and O–H groups in total. The van der Waals surface area contributed by atoms with Gasteiger partial charge in [0.05, 0.1) is 30.8 Å². The highest BCUT2D eigenvalue weighted by molar-refractivity contribution is 6.02. The number of hydrogen-bond acceptors (Lipinski definition) is 5. The molecule has 0 fully saturated rings. The van der Waals surface area contributed by atoms with Crippen molar-refractivity contribution in [3.63, 3.8) is 0 Å². The Morgan fingerprint density at radius 2 is 1.96 bits per heavy atom. The number of alkyl halides is 3. The molecular weight excluding hydrogens is 349 g/mol. The van der Waals surface area contributed by atoms with Crippen molar-refractivity contribution in [1.82, 2.24) is 9.97 Å². The molecule has 0 bridgehead atoms. The van der Waals surface area contributed by atoms with Crippen molar-refractivity contribution in [2.75, 3.05) is 10.6 Å². The quantitative estimate of drug-likeness (QED) is 0.718. The van der Waals surface area contributed by atoms with Crippen LogP contribution in [0, 0.1) is 0 Å². The summed E-state index contributed by atoms with van der Waals surface area (Å²) in [5.74, 6) is 0.476. The van der Waals surface area contributed by atoms with Crippen molar-refractivity contribution in [2.45, 2.75) is 12.7 Å². The molecule has 0 aliphatic heterocycles. The molecule has 9 heteroatoms. The maximum atomic E-state index is 12.7. The third-order valence-electron chi connectivity index (χ3n) is 3.36. The van der Waals surface area contributed by atoms with Gasteiger partial charge in [0.15, 0.2) is 0 Å². The van der Waals surface area contributed by atoms with Gasteiger partial charge in [-0.15, -0.1) is 0 Å². The van der Waals surface area contributed by atoms with E-state index in [9.17, 15) is 18.0 Å². The van der Waals surface area contributed by atoms with Gasteiger partial charge in [0.2, 0.25) is 0 Å². The fourth-order valence-electron chi connectivity index (χ4n) is 2.10. The van der Waals surface area contributed by atoms with Crippen LogP contribution in [0.2, 0.25) is 0 Å². The van der Waals surface area contributed by atoms with Crippen LogP contribution in [0.1, 0.15) is 21.8 Å². The second-order valence-corrected chi connectivity index (χ2v) is 5.25. The summed E-state index contributed by atoms with van der Waals surface area (Å²) in [6.07, 6.45) is -0.358. The number of hydrogen-bond donors (Lipinski definition) is 2. The highest BCUT2D eigenvalue weighted by Crippen LogP contribution is 2.30. The van der Waals surface area contributed by atoms with Crippen molar-refractivity contribution in [3.05, 3.63) is 72.1 Å². The summed E-state index contributed by atoms with van der Waals surface area (Å²) in [4.78, 5) is 20.1. The fourth-order valence-corrected chi connectivity index (χ4v) is 2.10. The zero-order chi connectivity index (χ0) is 18.6. The van der Waals surface area contributed by atoms with E-state index in [0.717, 1.165) is 12.1 Å². The van der Waals surface area contributed by atoms with Gasteiger partial charge in [0, 0.05) is 5.69 Å². The first-order chi connectivity index (χ1) is 12.4. The van der Waals surface area contributed by atoms with Crippen LogP contribution in [-0.2, 0) is 12.7 Å². The second-order valence-electron chi connectivity index (χ2n) is 5.25. The van der Waals surface area contributed by atoms with E-state index in [1.165, 1.54) is 24.5 Å². The van der Waals surface area contributed by atoms with E-state index in [1.54, 1.807) is 18.4 Å². The van der Waals surface area contributed by atoms with Crippen LogP contribution in [0.25, 0.3) is 0 Å². The highest BCUT2D eigenvalue weighted by Gasteiger charge is 2.30. The number of furan rings is 1. The molecule has 0 atom stereocenters. The molecule has 0 unspecified atom stereocenters. The summed E-state index contributed by atoms with van der Waals surface area (Å²) in [6, 6.07) is 7.90. The van der Waals surface area contributed by atoms with E-state index in [4.69, 9.17) is 4.42 Å². The summed E-state index contributed by atoms with van der Waals surface area (Å²) in [6.45, 7) is 0.400. The van der Waals surface area contributed by atoms with E-state index in [1.807, 2.05) is 0 Å². The third kappa shape index (κ3) is 4.38. The van der Waals surface area contributed by atoms with Gasteiger partial charge < -0.3 is 15.1 Å². The van der Waals surface area contributed by atoms with Crippen molar-refractivity contribution < 1.29 is 22.4 Å². The number of carbonyl (C=O) groups excluding carboxylic acids is 1. The lowest BCUT2D eigenvalue weighted by Crippen LogP contribution is -2.15. The first kappa shape index (κ1) is 17.5. The van der Waals surface area contributed by atoms with E-state index >= 15 is 0 Å². The van der Waals surface area contributed by atoms with Gasteiger partial charge in [-0.05, 0) is 30.3 Å². The van der Waals surface area contributed by atoms with Crippen LogP contribution in [0.4, 0.5) is 24.7 Å². The Balaban J connectivity index is 1.63. The molecule has 3 aromatic rings. The number of aromatic nitrogens is 2. The number of anilines is 2. The summed E-state index contributed by atoms with van der Waals surface area (Å²) < 4.78 is 43.3. The highest BCUT2D eigenvalue weighted by atomic mass is 19.4. The molecule has 0 saturated heterocycles. The van der Waals surface area contributed by atoms with Gasteiger partial charge in [-0.2, -0.15) is 13.2 Å². The Kier molecular flexibility index (Phi) is 4.87. The van der Waals surface area contributed by atoms with Crippen molar-refractivity contribution in [1.29, 1.82) is 0 Å². The molecule has 1 amide bonds. The number of amides is 1. The van der Waals surface area contributed by atoms with Crippen LogP contribution in [0.15, 0.2) is 59.5 Å². The smallest absolute Gasteiger partial charge is 0.416 e. The van der Waals surface area contributed by atoms with Crippen LogP contribution in [0.5, 0.6) is 0 Å².